The fraction of sp³-hybridized carbons (Fsp3) is 0.222. The molecule has 1 amide bonds. The predicted molar refractivity (Wildman–Crippen MR) is 103 cm³/mol. The molecule has 3 aromatic rings. The summed E-state index contributed by atoms with van der Waals surface area (Å²) >= 11 is 2.15. The second-order valence-electron chi connectivity index (χ2n) is 5.93. The Balaban J connectivity index is 1.54. The van der Waals surface area contributed by atoms with E-state index in [1.54, 1.807) is 12.3 Å². The van der Waals surface area contributed by atoms with E-state index in [4.69, 9.17) is 9.15 Å². The highest BCUT2D eigenvalue weighted by Gasteiger charge is 2.32. The number of ether oxygens (including phenoxy) is 1. The monoisotopic (exact) mass is 480 g/mol. The largest absolute Gasteiger partial charge is 0.443 e. The summed E-state index contributed by atoms with van der Waals surface area (Å²) in [6.07, 6.45) is 1.38. The van der Waals surface area contributed by atoms with Crippen molar-refractivity contribution in [2.45, 2.75) is 12.5 Å². The second-order valence-corrected chi connectivity index (χ2v) is 6.81. The molecular formula is C18H14FIN4O3. The Morgan fingerprint density at radius 1 is 1.26 bits per heavy atom. The van der Waals surface area contributed by atoms with Gasteiger partial charge in [0.15, 0.2) is 0 Å². The lowest BCUT2D eigenvalue weighted by Crippen LogP contribution is -2.24. The quantitative estimate of drug-likeness (QED) is 0.410. The van der Waals surface area contributed by atoms with Crippen LogP contribution in [0.1, 0.15) is 11.6 Å². The van der Waals surface area contributed by atoms with Crippen molar-refractivity contribution < 1.29 is 18.3 Å². The third kappa shape index (κ3) is 3.77. The van der Waals surface area contributed by atoms with Gasteiger partial charge in [0.2, 0.25) is 5.89 Å². The van der Waals surface area contributed by atoms with Crippen molar-refractivity contribution in [2.24, 2.45) is 0 Å². The summed E-state index contributed by atoms with van der Waals surface area (Å²) in [5, 5.41) is 7.87. The number of carbonyl (C=O) groups is 1. The van der Waals surface area contributed by atoms with Gasteiger partial charge in [-0.1, -0.05) is 28.7 Å². The van der Waals surface area contributed by atoms with Gasteiger partial charge in [-0.05, 0) is 30.3 Å². The van der Waals surface area contributed by atoms with Gasteiger partial charge in [-0.15, -0.1) is 10.2 Å². The normalized spacial score (nSPS) is 16.6. The number of nitrogens with zero attached hydrogens (tertiary/aromatic N) is 4. The Morgan fingerprint density at radius 2 is 2.15 bits per heavy atom. The molecule has 138 valence electrons. The number of aromatic nitrogens is 3. The Hall–Kier alpha value is -2.56. The molecular weight excluding hydrogens is 466 g/mol. The second kappa shape index (κ2) is 7.59. The molecule has 0 radical (unpaired) electrons. The maximum atomic E-state index is 14.6. The van der Waals surface area contributed by atoms with E-state index in [9.17, 15) is 9.18 Å². The molecule has 1 saturated heterocycles. The van der Waals surface area contributed by atoms with E-state index >= 15 is 0 Å². The maximum Gasteiger partial charge on any atom is 0.414 e. The molecule has 1 aliphatic heterocycles. The first-order valence-corrected chi connectivity index (χ1v) is 9.73. The Morgan fingerprint density at radius 3 is 2.85 bits per heavy atom. The van der Waals surface area contributed by atoms with E-state index in [1.165, 1.54) is 17.0 Å². The standard InChI is InChI=1S/C18H14FIN4O3/c19-15-8-12(24-10-13(9-20)26-18(24)25)4-5-14(15)17-23-22-16(27-17)7-11-3-1-2-6-21-11/h1-6,8,13H,7,9-10H2/t13-/m0/s1. The average Bonchev–Trinajstić information content (AvgIpc) is 3.29. The summed E-state index contributed by atoms with van der Waals surface area (Å²) in [5.74, 6) is -0.120. The van der Waals surface area contributed by atoms with E-state index in [2.05, 4.69) is 37.8 Å². The van der Waals surface area contributed by atoms with Crippen LogP contribution in [0.3, 0.4) is 0 Å². The number of halogens is 2. The predicted octanol–water partition coefficient (Wildman–Crippen LogP) is 3.62. The van der Waals surface area contributed by atoms with E-state index in [1.807, 2.05) is 18.2 Å². The van der Waals surface area contributed by atoms with Crippen LogP contribution in [0.5, 0.6) is 0 Å². The summed E-state index contributed by atoms with van der Waals surface area (Å²) in [7, 11) is 0. The molecule has 1 fully saturated rings. The highest BCUT2D eigenvalue weighted by Crippen LogP contribution is 2.29. The molecule has 0 saturated carbocycles. The van der Waals surface area contributed by atoms with Crippen LogP contribution in [0.15, 0.2) is 47.0 Å². The molecule has 1 aromatic carbocycles. The van der Waals surface area contributed by atoms with Gasteiger partial charge in [0, 0.05) is 16.3 Å². The van der Waals surface area contributed by atoms with Crippen LogP contribution in [-0.2, 0) is 11.2 Å². The van der Waals surface area contributed by atoms with Gasteiger partial charge in [0.05, 0.1) is 24.2 Å². The SMILES string of the molecule is O=C1O[C@@H](CI)CN1c1ccc(-c2nnc(Cc3ccccn3)o2)c(F)c1. The fourth-order valence-corrected chi connectivity index (χ4v) is 3.21. The number of hydrogen-bond donors (Lipinski definition) is 0. The highest BCUT2D eigenvalue weighted by atomic mass is 127. The van der Waals surface area contributed by atoms with Crippen molar-refractivity contribution in [3.05, 3.63) is 60.0 Å². The molecule has 0 aliphatic carbocycles. The molecule has 7 nitrogen and oxygen atoms in total. The average molecular weight is 480 g/mol. The number of alkyl halides is 1. The van der Waals surface area contributed by atoms with Gasteiger partial charge in [0.1, 0.15) is 11.9 Å². The van der Waals surface area contributed by atoms with Crippen molar-refractivity contribution in [3.8, 4) is 11.5 Å². The topological polar surface area (TPSA) is 81.4 Å². The Kier molecular flexibility index (Phi) is 5.01. The number of pyridine rings is 1. The van der Waals surface area contributed by atoms with Crippen molar-refractivity contribution in [1.82, 2.24) is 15.2 Å². The first-order chi connectivity index (χ1) is 13.1. The van der Waals surface area contributed by atoms with Crippen LogP contribution in [0.25, 0.3) is 11.5 Å². The number of carbonyl (C=O) groups excluding carboxylic acids is 1. The summed E-state index contributed by atoms with van der Waals surface area (Å²) in [6, 6.07) is 9.96. The fourth-order valence-electron chi connectivity index (χ4n) is 2.75. The van der Waals surface area contributed by atoms with Crippen molar-refractivity contribution >= 4 is 34.4 Å². The smallest absolute Gasteiger partial charge is 0.414 e. The highest BCUT2D eigenvalue weighted by molar-refractivity contribution is 14.1. The molecule has 0 bridgehead atoms. The zero-order valence-electron chi connectivity index (χ0n) is 14.0. The minimum absolute atomic E-state index is 0.0825. The van der Waals surface area contributed by atoms with Gasteiger partial charge in [-0.3, -0.25) is 9.88 Å². The molecule has 3 heterocycles. The molecule has 27 heavy (non-hydrogen) atoms. The van der Waals surface area contributed by atoms with Crippen molar-refractivity contribution in [2.75, 3.05) is 15.9 Å². The molecule has 0 N–H and O–H groups in total. The Labute approximate surface area is 167 Å². The molecule has 1 aliphatic rings. The third-order valence-corrected chi connectivity index (χ3v) is 5.05. The minimum atomic E-state index is -0.550. The van der Waals surface area contributed by atoms with Gasteiger partial charge in [-0.25, -0.2) is 9.18 Å². The summed E-state index contributed by atoms with van der Waals surface area (Å²) < 4.78 is 26.1. The number of amides is 1. The number of anilines is 1. The van der Waals surface area contributed by atoms with Gasteiger partial charge in [0.25, 0.3) is 5.89 Å². The lowest BCUT2D eigenvalue weighted by Gasteiger charge is -2.13. The van der Waals surface area contributed by atoms with Crippen LogP contribution in [0.2, 0.25) is 0 Å². The van der Waals surface area contributed by atoms with Gasteiger partial charge < -0.3 is 9.15 Å². The first kappa shape index (κ1) is 17.8. The van der Waals surface area contributed by atoms with E-state index < -0.39 is 11.9 Å². The summed E-state index contributed by atoms with van der Waals surface area (Å²) in [4.78, 5) is 17.5. The van der Waals surface area contributed by atoms with Crippen LogP contribution in [0, 0.1) is 5.82 Å². The van der Waals surface area contributed by atoms with Crippen LogP contribution in [-0.4, -0.2) is 38.4 Å². The number of cyclic esters (lactones) is 1. The number of benzene rings is 1. The Bertz CT molecular complexity index is 966. The van der Waals surface area contributed by atoms with Gasteiger partial charge >= 0.3 is 6.09 Å². The zero-order chi connectivity index (χ0) is 18.8. The van der Waals surface area contributed by atoms with Crippen LogP contribution < -0.4 is 4.90 Å². The van der Waals surface area contributed by atoms with E-state index in [-0.39, 0.29) is 17.6 Å². The molecule has 1 atom stereocenters. The zero-order valence-corrected chi connectivity index (χ0v) is 16.2. The molecule has 2 aromatic heterocycles. The molecule has 4 rings (SSSR count). The van der Waals surface area contributed by atoms with Crippen molar-refractivity contribution in [1.29, 1.82) is 0 Å². The van der Waals surface area contributed by atoms with E-state index in [0.29, 0.717) is 29.0 Å². The lowest BCUT2D eigenvalue weighted by molar-refractivity contribution is 0.153. The molecule has 9 heteroatoms. The maximum absolute atomic E-state index is 14.6. The first-order valence-electron chi connectivity index (χ1n) is 8.20. The summed E-state index contributed by atoms with van der Waals surface area (Å²) in [6.45, 7) is 0.398. The molecule has 0 spiro atoms. The third-order valence-electron chi connectivity index (χ3n) is 4.07. The summed E-state index contributed by atoms with van der Waals surface area (Å²) in [5.41, 5.74) is 1.39. The lowest BCUT2D eigenvalue weighted by atomic mass is 10.2. The van der Waals surface area contributed by atoms with E-state index in [0.717, 1.165) is 5.69 Å². The van der Waals surface area contributed by atoms with Crippen LogP contribution in [0.4, 0.5) is 14.9 Å². The van der Waals surface area contributed by atoms with Crippen LogP contribution >= 0.6 is 22.6 Å². The van der Waals surface area contributed by atoms with Crippen molar-refractivity contribution in [3.63, 3.8) is 0 Å². The number of hydrogen-bond acceptors (Lipinski definition) is 6. The molecule has 0 unspecified atom stereocenters. The number of rotatable bonds is 5. The minimum Gasteiger partial charge on any atom is -0.443 e. The van der Waals surface area contributed by atoms with Gasteiger partial charge in [-0.2, -0.15) is 0 Å².